The molecule has 1 unspecified atom stereocenters. The lowest BCUT2D eigenvalue weighted by Crippen LogP contribution is -2.35. The first-order chi connectivity index (χ1) is 9.17. The summed E-state index contributed by atoms with van der Waals surface area (Å²) in [6.07, 6.45) is 3.87. The average Bonchev–Trinajstić information content (AvgIpc) is 2.98. The van der Waals surface area contributed by atoms with Gasteiger partial charge in [-0.1, -0.05) is 0 Å². The Morgan fingerprint density at radius 2 is 2.42 bits per heavy atom. The van der Waals surface area contributed by atoms with E-state index in [2.05, 4.69) is 10.00 Å². The van der Waals surface area contributed by atoms with Gasteiger partial charge in [-0.05, 0) is 26.3 Å². The minimum Gasteiger partial charge on any atom is -0.462 e. The largest absolute Gasteiger partial charge is 0.462 e. The number of esters is 1. The van der Waals surface area contributed by atoms with E-state index >= 15 is 0 Å². The zero-order valence-corrected chi connectivity index (χ0v) is 11.6. The summed E-state index contributed by atoms with van der Waals surface area (Å²) in [6, 6.07) is 0.407. The molecule has 6 nitrogen and oxygen atoms in total. The molecular formula is C13H22N4O2. The predicted octanol–water partition coefficient (Wildman–Crippen LogP) is 0.520. The molecule has 0 amide bonds. The fraction of sp³-hybridized carbons (Fsp3) is 0.692. The van der Waals surface area contributed by atoms with Gasteiger partial charge in [0.15, 0.2) is 0 Å². The third kappa shape index (κ3) is 2.96. The molecule has 2 rings (SSSR count). The van der Waals surface area contributed by atoms with Crippen molar-refractivity contribution in [1.29, 1.82) is 0 Å². The number of nitrogens with zero attached hydrogens (tertiary/aromatic N) is 3. The molecule has 1 aromatic heterocycles. The molecule has 106 valence electrons. The van der Waals surface area contributed by atoms with Crippen molar-refractivity contribution in [3.05, 3.63) is 17.5 Å². The van der Waals surface area contributed by atoms with E-state index in [9.17, 15) is 4.79 Å². The molecule has 2 N–H and O–H groups in total. The number of rotatable bonds is 5. The predicted molar refractivity (Wildman–Crippen MR) is 71.7 cm³/mol. The minimum absolute atomic E-state index is 0.297. The van der Waals surface area contributed by atoms with Gasteiger partial charge < -0.3 is 10.5 Å². The molecule has 1 atom stereocenters. The minimum atomic E-state index is -0.297. The summed E-state index contributed by atoms with van der Waals surface area (Å²) < 4.78 is 6.81. The van der Waals surface area contributed by atoms with E-state index in [1.165, 1.54) is 0 Å². The van der Waals surface area contributed by atoms with Crippen LogP contribution in [-0.4, -0.2) is 46.4 Å². The molecule has 0 aliphatic carbocycles. The van der Waals surface area contributed by atoms with Crippen LogP contribution < -0.4 is 5.73 Å². The van der Waals surface area contributed by atoms with E-state index in [1.807, 2.05) is 7.05 Å². The third-order valence-corrected chi connectivity index (χ3v) is 3.68. The zero-order valence-electron chi connectivity index (χ0n) is 11.6. The van der Waals surface area contributed by atoms with Crippen LogP contribution >= 0.6 is 0 Å². The van der Waals surface area contributed by atoms with E-state index in [0.717, 1.165) is 25.1 Å². The molecule has 0 aromatic carbocycles. The number of aryl methyl sites for hydroxylation is 1. The third-order valence-electron chi connectivity index (χ3n) is 3.68. The first-order valence-corrected chi connectivity index (χ1v) is 6.79. The van der Waals surface area contributed by atoms with Crippen LogP contribution in [0.15, 0.2) is 6.20 Å². The fourth-order valence-corrected chi connectivity index (χ4v) is 2.59. The number of nitrogens with two attached hydrogens (primary N) is 1. The summed E-state index contributed by atoms with van der Waals surface area (Å²) in [7, 11) is 1.85. The SMILES string of the molecule is CCOC(=O)c1cnn(C)c1CN1CCCC1CN. The van der Waals surface area contributed by atoms with E-state index < -0.39 is 0 Å². The molecule has 1 fully saturated rings. The smallest absolute Gasteiger partial charge is 0.341 e. The van der Waals surface area contributed by atoms with Gasteiger partial charge in [0, 0.05) is 26.2 Å². The Hall–Kier alpha value is -1.40. The van der Waals surface area contributed by atoms with Gasteiger partial charge in [0.25, 0.3) is 0 Å². The molecule has 1 aliphatic rings. The van der Waals surface area contributed by atoms with Crippen LogP contribution in [0.3, 0.4) is 0 Å². The Morgan fingerprint density at radius 3 is 3.11 bits per heavy atom. The van der Waals surface area contributed by atoms with Crippen LogP contribution in [-0.2, 0) is 18.3 Å². The average molecular weight is 266 g/mol. The Balaban J connectivity index is 2.15. The van der Waals surface area contributed by atoms with Crippen LogP contribution in [0.2, 0.25) is 0 Å². The normalized spacial score (nSPS) is 19.8. The quantitative estimate of drug-likeness (QED) is 0.787. The Morgan fingerprint density at radius 1 is 1.63 bits per heavy atom. The number of hydrogen-bond acceptors (Lipinski definition) is 5. The summed E-state index contributed by atoms with van der Waals surface area (Å²) in [5, 5.41) is 4.17. The van der Waals surface area contributed by atoms with Crippen molar-refractivity contribution in [2.45, 2.75) is 32.4 Å². The van der Waals surface area contributed by atoms with Gasteiger partial charge >= 0.3 is 5.97 Å². The summed E-state index contributed by atoms with van der Waals surface area (Å²) in [5.41, 5.74) is 7.24. The highest BCUT2D eigenvalue weighted by molar-refractivity contribution is 5.90. The maximum absolute atomic E-state index is 11.9. The number of ether oxygens (including phenoxy) is 1. The molecule has 1 saturated heterocycles. The number of aromatic nitrogens is 2. The highest BCUT2D eigenvalue weighted by Gasteiger charge is 2.26. The van der Waals surface area contributed by atoms with Gasteiger partial charge in [-0.25, -0.2) is 4.79 Å². The lowest BCUT2D eigenvalue weighted by Gasteiger charge is -2.23. The Labute approximate surface area is 113 Å². The van der Waals surface area contributed by atoms with Gasteiger partial charge in [-0.2, -0.15) is 5.10 Å². The summed E-state index contributed by atoms with van der Waals surface area (Å²) >= 11 is 0. The maximum Gasteiger partial charge on any atom is 0.341 e. The molecule has 0 radical (unpaired) electrons. The van der Waals surface area contributed by atoms with Gasteiger partial charge in [0.1, 0.15) is 5.56 Å². The number of likely N-dealkylation sites (tertiary alicyclic amines) is 1. The van der Waals surface area contributed by atoms with Crippen LogP contribution in [0.5, 0.6) is 0 Å². The van der Waals surface area contributed by atoms with Crippen molar-refractivity contribution >= 4 is 5.97 Å². The van der Waals surface area contributed by atoms with Crippen LogP contribution in [0, 0.1) is 0 Å². The first kappa shape index (κ1) is 14.0. The molecule has 0 saturated carbocycles. The van der Waals surface area contributed by atoms with E-state index in [4.69, 9.17) is 10.5 Å². The Kier molecular flexibility index (Phi) is 4.55. The molecule has 1 aliphatic heterocycles. The topological polar surface area (TPSA) is 73.4 Å². The summed E-state index contributed by atoms with van der Waals surface area (Å²) in [5.74, 6) is -0.297. The molecule has 19 heavy (non-hydrogen) atoms. The number of carbonyl (C=O) groups excluding carboxylic acids is 1. The van der Waals surface area contributed by atoms with Crippen LogP contribution in [0.4, 0.5) is 0 Å². The van der Waals surface area contributed by atoms with Crippen molar-refractivity contribution < 1.29 is 9.53 Å². The lowest BCUT2D eigenvalue weighted by atomic mass is 10.2. The van der Waals surface area contributed by atoms with Crippen molar-refractivity contribution in [3.8, 4) is 0 Å². The second-order valence-corrected chi connectivity index (χ2v) is 4.85. The maximum atomic E-state index is 11.9. The number of hydrogen-bond donors (Lipinski definition) is 1. The summed E-state index contributed by atoms with van der Waals surface area (Å²) in [4.78, 5) is 14.2. The molecule has 2 heterocycles. The number of carbonyl (C=O) groups is 1. The molecule has 0 bridgehead atoms. The summed E-state index contributed by atoms with van der Waals surface area (Å²) in [6.45, 7) is 4.57. The highest BCUT2D eigenvalue weighted by Crippen LogP contribution is 2.21. The van der Waals surface area contributed by atoms with Crippen molar-refractivity contribution in [3.63, 3.8) is 0 Å². The Bertz CT molecular complexity index is 444. The monoisotopic (exact) mass is 266 g/mol. The van der Waals surface area contributed by atoms with Crippen molar-refractivity contribution in [1.82, 2.24) is 14.7 Å². The van der Waals surface area contributed by atoms with Gasteiger partial charge in [-0.15, -0.1) is 0 Å². The zero-order chi connectivity index (χ0) is 13.8. The van der Waals surface area contributed by atoms with Crippen molar-refractivity contribution in [2.24, 2.45) is 12.8 Å². The molecule has 1 aromatic rings. The van der Waals surface area contributed by atoms with Gasteiger partial charge in [0.05, 0.1) is 18.5 Å². The van der Waals surface area contributed by atoms with Gasteiger partial charge in [-0.3, -0.25) is 9.58 Å². The fourth-order valence-electron chi connectivity index (χ4n) is 2.59. The van der Waals surface area contributed by atoms with E-state index in [-0.39, 0.29) is 5.97 Å². The van der Waals surface area contributed by atoms with Gasteiger partial charge in [0.2, 0.25) is 0 Å². The standard InChI is InChI=1S/C13H22N4O2/c1-3-19-13(18)11-8-15-16(2)12(11)9-17-6-4-5-10(17)7-14/h8,10H,3-7,9,14H2,1-2H3. The highest BCUT2D eigenvalue weighted by atomic mass is 16.5. The molecular weight excluding hydrogens is 244 g/mol. The second-order valence-electron chi connectivity index (χ2n) is 4.85. The second kappa shape index (κ2) is 6.16. The van der Waals surface area contributed by atoms with Crippen LogP contribution in [0.25, 0.3) is 0 Å². The lowest BCUT2D eigenvalue weighted by molar-refractivity contribution is 0.0523. The molecule has 6 heteroatoms. The van der Waals surface area contributed by atoms with E-state index in [1.54, 1.807) is 17.8 Å². The molecule has 0 spiro atoms. The van der Waals surface area contributed by atoms with Crippen molar-refractivity contribution in [2.75, 3.05) is 19.7 Å². The first-order valence-electron chi connectivity index (χ1n) is 6.79. The van der Waals surface area contributed by atoms with Crippen LogP contribution in [0.1, 0.15) is 35.8 Å². The van der Waals surface area contributed by atoms with E-state index in [0.29, 0.717) is 31.3 Å².